The van der Waals surface area contributed by atoms with Crippen molar-refractivity contribution in [1.29, 1.82) is 0 Å². The zero-order valence-electron chi connectivity index (χ0n) is 9.57. The van der Waals surface area contributed by atoms with Crippen molar-refractivity contribution in [3.05, 3.63) is 46.2 Å². The maximum absolute atomic E-state index is 4.61. The normalized spacial score (nSPS) is 10.7. The van der Waals surface area contributed by atoms with Crippen LogP contribution in [0.4, 0.5) is 0 Å². The lowest BCUT2D eigenvalue weighted by atomic mass is 10.2. The minimum atomic E-state index is 0.980. The van der Waals surface area contributed by atoms with Crippen molar-refractivity contribution in [2.45, 2.75) is 26.7 Å². The molecule has 0 aliphatic heterocycles. The Morgan fingerprint density at radius 3 is 2.62 bits per heavy atom. The van der Waals surface area contributed by atoms with Crippen LogP contribution in [-0.2, 0) is 12.8 Å². The van der Waals surface area contributed by atoms with Gasteiger partial charge in [0.25, 0.3) is 0 Å². The van der Waals surface area contributed by atoms with E-state index in [-0.39, 0.29) is 0 Å². The first-order chi connectivity index (χ1) is 7.74. The highest BCUT2D eigenvalue weighted by atomic mass is 79.9. The molecule has 0 spiro atoms. The highest BCUT2D eigenvalue weighted by Gasteiger charge is 2.07. The Morgan fingerprint density at radius 1 is 1.19 bits per heavy atom. The molecule has 0 aliphatic carbocycles. The monoisotopic (exact) mass is 278 g/mol. The number of hydrogen-bond acceptors (Lipinski definition) is 1. The predicted octanol–water partition coefficient (Wildman–Crippen LogP) is 3.76. The van der Waals surface area contributed by atoms with Crippen LogP contribution in [0.25, 0.3) is 5.69 Å². The Kier molecular flexibility index (Phi) is 3.44. The van der Waals surface area contributed by atoms with E-state index in [1.54, 1.807) is 0 Å². The summed E-state index contributed by atoms with van der Waals surface area (Å²) in [6, 6.07) is 10.4. The second kappa shape index (κ2) is 4.83. The van der Waals surface area contributed by atoms with Gasteiger partial charge in [0.05, 0.1) is 11.4 Å². The fourth-order valence-corrected chi connectivity index (χ4v) is 2.12. The largest absolute Gasteiger partial charge is 0.238 e. The van der Waals surface area contributed by atoms with Crippen LogP contribution in [0.15, 0.2) is 34.8 Å². The van der Waals surface area contributed by atoms with Gasteiger partial charge in [-0.3, -0.25) is 0 Å². The third kappa shape index (κ3) is 2.19. The summed E-state index contributed by atoms with van der Waals surface area (Å²) in [5, 5.41) is 4.61. The lowest BCUT2D eigenvalue weighted by molar-refractivity contribution is 0.794. The number of halogens is 1. The Morgan fingerprint density at radius 2 is 2.00 bits per heavy atom. The lowest BCUT2D eigenvalue weighted by Crippen LogP contribution is -2.01. The van der Waals surface area contributed by atoms with Crippen LogP contribution >= 0.6 is 15.9 Å². The topological polar surface area (TPSA) is 17.8 Å². The number of rotatable bonds is 3. The molecule has 2 aromatic rings. The molecule has 16 heavy (non-hydrogen) atoms. The van der Waals surface area contributed by atoms with Crippen LogP contribution in [0, 0.1) is 0 Å². The van der Waals surface area contributed by atoms with E-state index in [4.69, 9.17) is 0 Å². The summed E-state index contributed by atoms with van der Waals surface area (Å²) in [4.78, 5) is 0. The molecule has 1 aromatic heterocycles. The first-order valence-electron chi connectivity index (χ1n) is 5.58. The van der Waals surface area contributed by atoms with Gasteiger partial charge in [0.1, 0.15) is 0 Å². The number of aromatic nitrogens is 2. The zero-order chi connectivity index (χ0) is 11.5. The van der Waals surface area contributed by atoms with Gasteiger partial charge in [-0.15, -0.1) is 0 Å². The summed E-state index contributed by atoms with van der Waals surface area (Å²) in [5.41, 5.74) is 3.53. The number of hydrogen-bond donors (Lipinski definition) is 0. The first kappa shape index (κ1) is 11.4. The number of nitrogens with zero attached hydrogens (tertiary/aromatic N) is 2. The van der Waals surface area contributed by atoms with E-state index in [1.807, 2.05) is 16.8 Å². The van der Waals surface area contributed by atoms with Crippen molar-refractivity contribution >= 4 is 15.9 Å². The average molecular weight is 279 g/mol. The summed E-state index contributed by atoms with van der Waals surface area (Å²) < 4.78 is 3.12. The van der Waals surface area contributed by atoms with Crippen LogP contribution in [0.3, 0.4) is 0 Å². The predicted molar refractivity (Wildman–Crippen MR) is 70.0 cm³/mol. The molecule has 0 radical (unpaired) electrons. The zero-order valence-corrected chi connectivity index (χ0v) is 11.2. The van der Waals surface area contributed by atoms with Crippen molar-refractivity contribution in [1.82, 2.24) is 9.78 Å². The molecule has 1 aromatic carbocycles. The van der Waals surface area contributed by atoms with E-state index in [0.29, 0.717) is 0 Å². The van der Waals surface area contributed by atoms with Crippen LogP contribution in [0.2, 0.25) is 0 Å². The van der Waals surface area contributed by atoms with Crippen molar-refractivity contribution in [2.24, 2.45) is 0 Å². The van der Waals surface area contributed by atoms with E-state index in [2.05, 4.69) is 53.1 Å². The molecule has 0 bridgehead atoms. The molecule has 2 rings (SSSR count). The number of aryl methyl sites for hydroxylation is 2. The Balaban J connectivity index is 2.50. The average Bonchev–Trinajstić information content (AvgIpc) is 2.72. The molecule has 0 aliphatic rings. The third-order valence-electron chi connectivity index (χ3n) is 2.61. The molecule has 0 amide bonds. The fraction of sp³-hybridized carbons (Fsp3) is 0.308. The van der Waals surface area contributed by atoms with Crippen molar-refractivity contribution < 1.29 is 0 Å². The quantitative estimate of drug-likeness (QED) is 0.836. The van der Waals surface area contributed by atoms with E-state index in [9.17, 15) is 0 Å². The molecular weight excluding hydrogens is 264 g/mol. The fourth-order valence-electron chi connectivity index (χ4n) is 1.73. The second-order valence-corrected chi connectivity index (χ2v) is 4.64. The highest BCUT2D eigenvalue weighted by Crippen LogP contribution is 2.18. The van der Waals surface area contributed by atoms with E-state index in [1.165, 1.54) is 5.69 Å². The van der Waals surface area contributed by atoms with E-state index in [0.717, 1.165) is 28.7 Å². The minimum absolute atomic E-state index is 0.980. The van der Waals surface area contributed by atoms with Gasteiger partial charge in [0, 0.05) is 10.2 Å². The van der Waals surface area contributed by atoms with Gasteiger partial charge < -0.3 is 0 Å². The van der Waals surface area contributed by atoms with Crippen molar-refractivity contribution in [2.75, 3.05) is 0 Å². The Bertz CT molecular complexity index is 488. The van der Waals surface area contributed by atoms with E-state index >= 15 is 0 Å². The molecule has 0 unspecified atom stereocenters. The molecule has 0 saturated carbocycles. The SMILES string of the molecule is CCc1cc(CC)n(-c2cccc(Br)c2)n1. The Labute approximate surface area is 104 Å². The maximum atomic E-state index is 4.61. The van der Waals surface area contributed by atoms with Gasteiger partial charge >= 0.3 is 0 Å². The molecule has 0 saturated heterocycles. The molecule has 3 heteroatoms. The molecule has 1 heterocycles. The standard InChI is InChI=1S/C13H15BrN2/c1-3-11-9-12(4-2)16(15-11)13-7-5-6-10(14)8-13/h5-9H,3-4H2,1-2H3. The first-order valence-corrected chi connectivity index (χ1v) is 6.37. The molecule has 84 valence electrons. The smallest absolute Gasteiger partial charge is 0.0660 e. The van der Waals surface area contributed by atoms with Gasteiger partial charge in [0.15, 0.2) is 0 Å². The van der Waals surface area contributed by atoms with Crippen LogP contribution in [0.1, 0.15) is 25.2 Å². The summed E-state index contributed by atoms with van der Waals surface area (Å²) in [5.74, 6) is 0. The summed E-state index contributed by atoms with van der Waals surface area (Å²) >= 11 is 3.49. The third-order valence-corrected chi connectivity index (χ3v) is 3.10. The molecule has 0 atom stereocenters. The lowest BCUT2D eigenvalue weighted by Gasteiger charge is -2.05. The van der Waals surface area contributed by atoms with Crippen LogP contribution < -0.4 is 0 Å². The Hall–Kier alpha value is -1.09. The molecular formula is C13H15BrN2. The summed E-state index contributed by atoms with van der Waals surface area (Å²) in [7, 11) is 0. The van der Waals surface area contributed by atoms with Gasteiger partial charge in [-0.25, -0.2) is 4.68 Å². The van der Waals surface area contributed by atoms with Crippen LogP contribution in [-0.4, -0.2) is 9.78 Å². The van der Waals surface area contributed by atoms with Gasteiger partial charge in [-0.2, -0.15) is 5.10 Å². The van der Waals surface area contributed by atoms with Crippen molar-refractivity contribution in [3.8, 4) is 5.69 Å². The van der Waals surface area contributed by atoms with E-state index < -0.39 is 0 Å². The summed E-state index contributed by atoms with van der Waals surface area (Å²) in [6.07, 6.45) is 1.98. The van der Waals surface area contributed by atoms with Gasteiger partial charge in [0.2, 0.25) is 0 Å². The molecule has 0 N–H and O–H groups in total. The van der Waals surface area contributed by atoms with Crippen molar-refractivity contribution in [3.63, 3.8) is 0 Å². The molecule has 0 fully saturated rings. The second-order valence-electron chi connectivity index (χ2n) is 3.73. The van der Waals surface area contributed by atoms with Crippen LogP contribution in [0.5, 0.6) is 0 Å². The summed E-state index contributed by atoms with van der Waals surface area (Å²) in [6.45, 7) is 4.29. The van der Waals surface area contributed by atoms with Gasteiger partial charge in [-0.1, -0.05) is 35.8 Å². The van der Waals surface area contributed by atoms with Gasteiger partial charge in [-0.05, 0) is 37.1 Å². The highest BCUT2D eigenvalue weighted by molar-refractivity contribution is 9.10. The minimum Gasteiger partial charge on any atom is -0.238 e. The molecule has 2 nitrogen and oxygen atoms in total. The maximum Gasteiger partial charge on any atom is 0.0660 e. The number of benzene rings is 1.